The molecule has 0 saturated carbocycles. The standard InChI is InChI=1S/C18H22N4O2S/c23-16(20-8-4-10-22-9-3-6-18(22)24)11-15-13-25-17(21-15)12-14-5-1-2-7-19-14/h1-2,5,7,13H,3-4,6,8-12H2,(H,20,23). The van der Waals surface area contributed by atoms with Crippen molar-refractivity contribution in [3.05, 3.63) is 46.2 Å². The van der Waals surface area contributed by atoms with Gasteiger partial charge in [0.2, 0.25) is 11.8 Å². The van der Waals surface area contributed by atoms with Crippen LogP contribution in [0.5, 0.6) is 0 Å². The Labute approximate surface area is 151 Å². The van der Waals surface area contributed by atoms with E-state index >= 15 is 0 Å². The second kappa shape index (κ2) is 8.71. The lowest BCUT2D eigenvalue weighted by Gasteiger charge is -2.15. The highest BCUT2D eigenvalue weighted by Gasteiger charge is 2.19. The average molecular weight is 358 g/mol. The number of aromatic nitrogens is 2. The Morgan fingerprint density at radius 2 is 2.24 bits per heavy atom. The number of amides is 2. The van der Waals surface area contributed by atoms with Gasteiger partial charge in [-0.3, -0.25) is 14.6 Å². The van der Waals surface area contributed by atoms with Crippen LogP contribution in [0.2, 0.25) is 0 Å². The fraction of sp³-hybridized carbons (Fsp3) is 0.444. The molecule has 1 saturated heterocycles. The minimum atomic E-state index is -0.0255. The highest BCUT2D eigenvalue weighted by Crippen LogP contribution is 2.14. The normalized spacial score (nSPS) is 14.1. The maximum atomic E-state index is 12.0. The number of likely N-dealkylation sites (tertiary alicyclic amines) is 1. The van der Waals surface area contributed by atoms with E-state index in [9.17, 15) is 9.59 Å². The smallest absolute Gasteiger partial charge is 0.226 e. The maximum Gasteiger partial charge on any atom is 0.226 e. The third-order valence-electron chi connectivity index (χ3n) is 4.10. The van der Waals surface area contributed by atoms with Crippen LogP contribution in [0.15, 0.2) is 29.8 Å². The van der Waals surface area contributed by atoms with Crippen LogP contribution < -0.4 is 5.32 Å². The number of pyridine rings is 1. The van der Waals surface area contributed by atoms with Crippen molar-refractivity contribution in [2.45, 2.75) is 32.1 Å². The van der Waals surface area contributed by atoms with Crippen molar-refractivity contribution in [1.29, 1.82) is 0 Å². The summed E-state index contributed by atoms with van der Waals surface area (Å²) < 4.78 is 0. The van der Waals surface area contributed by atoms with Gasteiger partial charge < -0.3 is 10.2 Å². The molecule has 25 heavy (non-hydrogen) atoms. The molecule has 132 valence electrons. The molecule has 1 aliphatic rings. The first-order valence-corrected chi connectivity index (χ1v) is 9.46. The van der Waals surface area contributed by atoms with Crippen LogP contribution in [0.1, 0.15) is 35.7 Å². The fourth-order valence-corrected chi connectivity index (χ4v) is 3.64. The molecule has 1 fully saturated rings. The van der Waals surface area contributed by atoms with Crippen molar-refractivity contribution in [3.8, 4) is 0 Å². The van der Waals surface area contributed by atoms with E-state index < -0.39 is 0 Å². The third-order valence-corrected chi connectivity index (χ3v) is 5.00. The molecule has 7 heteroatoms. The van der Waals surface area contributed by atoms with Crippen molar-refractivity contribution in [1.82, 2.24) is 20.2 Å². The quantitative estimate of drug-likeness (QED) is 0.730. The van der Waals surface area contributed by atoms with Gasteiger partial charge in [-0.15, -0.1) is 11.3 Å². The molecule has 2 aromatic heterocycles. The summed E-state index contributed by atoms with van der Waals surface area (Å²) in [6.45, 7) is 2.17. The van der Waals surface area contributed by atoms with E-state index in [1.165, 1.54) is 0 Å². The van der Waals surface area contributed by atoms with Crippen molar-refractivity contribution in [2.75, 3.05) is 19.6 Å². The van der Waals surface area contributed by atoms with Crippen LogP contribution in [0.4, 0.5) is 0 Å². The van der Waals surface area contributed by atoms with Crippen LogP contribution >= 0.6 is 11.3 Å². The first kappa shape index (κ1) is 17.5. The van der Waals surface area contributed by atoms with Gasteiger partial charge in [-0.2, -0.15) is 0 Å². The molecule has 3 rings (SSSR count). The number of hydrogen-bond acceptors (Lipinski definition) is 5. The summed E-state index contributed by atoms with van der Waals surface area (Å²) in [7, 11) is 0. The predicted molar refractivity (Wildman–Crippen MR) is 96.3 cm³/mol. The van der Waals surface area contributed by atoms with E-state index in [0.29, 0.717) is 25.8 Å². The molecule has 0 unspecified atom stereocenters. The molecule has 0 radical (unpaired) electrons. The Morgan fingerprint density at radius 3 is 3.00 bits per heavy atom. The van der Waals surface area contributed by atoms with Crippen molar-refractivity contribution >= 4 is 23.2 Å². The van der Waals surface area contributed by atoms with Gasteiger partial charge in [0.15, 0.2) is 0 Å². The molecule has 0 atom stereocenters. The van der Waals surface area contributed by atoms with Crippen LogP contribution in [0, 0.1) is 0 Å². The Morgan fingerprint density at radius 1 is 1.32 bits per heavy atom. The number of carbonyl (C=O) groups is 2. The zero-order valence-electron chi connectivity index (χ0n) is 14.1. The molecular formula is C18H22N4O2S. The number of thiazole rings is 1. The number of nitrogens with one attached hydrogen (secondary N) is 1. The molecule has 3 heterocycles. The van der Waals surface area contributed by atoms with Crippen LogP contribution in [0.3, 0.4) is 0 Å². The van der Waals surface area contributed by atoms with Crippen LogP contribution in [-0.4, -0.2) is 46.3 Å². The zero-order chi connectivity index (χ0) is 17.5. The van der Waals surface area contributed by atoms with Gasteiger partial charge in [-0.05, 0) is 25.0 Å². The molecule has 0 aromatic carbocycles. The highest BCUT2D eigenvalue weighted by molar-refractivity contribution is 7.09. The molecular weight excluding hydrogens is 336 g/mol. The predicted octanol–water partition coefficient (Wildman–Crippen LogP) is 1.80. The summed E-state index contributed by atoms with van der Waals surface area (Å²) in [4.78, 5) is 34.2. The second-order valence-electron chi connectivity index (χ2n) is 6.10. The Kier molecular flexibility index (Phi) is 6.11. The lowest BCUT2D eigenvalue weighted by atomic mass is 10.3. The lowest BCUT2D eigenvalue weighted by Crippen LogP contribution is -2.31. The molecule has 2 aromatic rings. The monoisotopic (exact) mass is 358 g/mol. The van der Waals surface area contributed by atoms with Gasteiger partial charge in [0, 0.05) is 49.7 Å². The average Bonchev–Trinajstić information content (AvgIpc) is 3.22. The first-order chi connectivity index (χ1) is 12.2. The molecule has 2 amide bonds. The van der Waals surface area contributed by atoms with E-state index in [1.54, 1.807) is 17.5 Å². The number of hydrogen-bond donors (Lipinski definition) is 1. The topological polar surface area (TPSA) is 75.2 Å². The van der Waals surface area contributed by atoms with Gasteiger partial charge in [0.1, 0.15) is 0 Å². The summed E-state index contributed by atoms with van der Waals surface area (Å²) in [6, 6.07) is 5.82. The fourth-order valence-electron chi connectivity index (χ4n) is 2.83. The van der Waals surface area contributed by atoms with Gasteiger partial charge >= 0.3 is 0 Å². The summed E-state index contributed by atoms with van der Waals surface area (Å²) in [5, 5.41) is 5.80. The minimum Gasteiger partial charge on any atom is -0.356 e. The summed E-state index contributed by atoms with van der Waals surface area (Å²) in [5.41, 5.74) is 1.77. The van der Waals surface area contributed by atoms with Crippen LogP contribution in [-0.2, 0) is 22.4 Å². The van der Waals surface area contributed by atoms with Crippen molar-refractivity contribution < 1.29 is 9.59 Å². The van der Waals surface area contributed by atoms with E-state index in [2.05, 4.69) is 15.3 Å². The lowest BCUT2D eigenvalue weighted by molar-refractivity contribution is -0.127. The molecule has 0 bridgehead atoms. The van der Waals surface area contributed by atoms with Gasteiger partial charge in [-0.1, -0.05) is 6.07 Å². The summed E-state index contributed by atoms with van der Waals surface area (Å²) in [5.74, 6) is 0.205. The van der Waals surface area contributed by atoms with E-state index in [4.69, 9.17) is 0 Å². The zero-order valence-corrected chi connectivity index (χ0v) is 14.9. The van der Waals surface area contributed by atoms with Gasteiger partial charge in [0.05, 0.1) is 17.1 Å². The Bertz CT molecular complexity index is 717. The van der Waals surface area contributed by atoms with E-state index in [0.717, 1.165) is 42.3 Å². The molecule has 0 aliphatic carbocycles. The SMILES string of the molecule is O=C(Cc1csc(Cc2ccccn2)n1)NCCCN1CCCC1=O. The van der Waals surface area contributed by atoms with E-state index in [-0.39, 0.29) is 11.8 Å². The van der Waals surface area contributed by atoms with Gasteiger partial charge in [0.25, 0.3) is 0 Å². The molecule has 6 nitrogen and oxygen atoms in total. The van der Waals surface area contributed by atoms with Crippen LogP contribution in [0.25, 0.3) is 0 Å². The summed E-state index contributed by atoms with van der Waals surface area (Å²) in [6.07, 6.45) is 5.16. The Balaban J connectivity index is 1.37. The minimum absolute atomic E-state index is 0.0255. The highest BCUT2D eigenvalue weighted by atomic mass is 32.1. The molecule has 1 N–H and O–H groups in total. The van der Waals surface area contributed by atoms with Crippen molar-refractivity contribution in [2.24, 2.45) is 0 Å². The number of rotatable bonds is 8. The molecule has 0 spiro atoms. The maximum absolute atomic E-state index is 12.0. The van der Waals surface area contributed by atoms with E-state index in [1.807, 2.05) is 28.5 Å². The largest absolute Gasteiger partial charge is 0.356 e. The number of carbonyl (C=O) groups excluding carboxylic acids is 2. The van der Waals surface area contributed by atoms with Crippen molar-refractivity contribution in [3.63, 3.8) is 0 Å². The summed E-state index contributed by atoms with van der Waals surface area (Å²) >= 11 is 1.56. The first-order valence-electron chi connectivity index (χ1n) is 8.58. The van der Waals surface area contributed by atoms with Gasteiger partial charge in [-0.25, -0.2) is 4.98 Å². The number of nitrogens with zero attached hydrogens (tertiary/aromatic N) is 3. The molecule has 1 aliphatic heterocycles. The third kappa shape index (κ3) is 5.35. The Hall–Kier alpha value is -2.28. The second-order valence-corrected chi connectivity index (χ2v) is 7.04.